The molecule has 0 fully saturated rings. The Morgan fingerprint density at radius 1 is 1.07 bits per heavy atom. The highest BCUT2D eigenvalue weighted by molar-refractivity contribution is 6.34. The third-order valence-corrected chi connectivity index (χ3v) is 3.99. The van der Waals surface area contributed by atoms with E-state index in [0.717, 1.165) is 12.4 Å². The lowest BCUT2D eigenvalue weighted by atomic mass is 10.2. The lowest BCUT2D eigenvalue weighted by Gasteiger charge is -2.10. The van der Waals surface area contributed by atoms with Crippen LogP contribution in [-0.4, -0.2) is 32.9 Å². The zero-order chi connectivity index (χ0) is 20.3. The molecule has 0 aliphatic rings. The van der Waals surface area contributed by atoms with E-state index in [1.165, 1.54) is 24.3 Å². The quantitative estimate of drug-likeness (QED) is 0.520. The highest BCUT2D eigenvalue weighted by Gasteiger charge is 2.20. The fourth-order valence-corrected chi connectivity index (χ4v) is 2.57. The van der Waals surface area contributed by atoms with Gasteiger partial charge in [0.05, 0.1) is 22.6 Å². The molecule has 0 atom stereocenters. The zero-order valence-corrected chi connectivity index (χ0v) is 14.7. The van der Waals surface area contributed by atoms with Gasteiger partial charge in [-0.05, 0) is 30.3 Å². The maximum absolute atomic E-state index is 14.3. The molecule has 2 aromatic carbocycles. The van der Waals surface area contributed by atoms with Gasteiger partial charge in [0.15, 0.2) is 11.4 Å². The number of halogens is 2. The lowest BCUT2D eigenvalue weighted by Crippen LogP contribution is -2.17. The molecule has 0 radical (unpaired) electrons. The minimum atomic E-state index is -1.36. The number of carbonyl (C=O) groups excluding carboxylic acids is 2. The maximum atomic E-state index is 14.3. The molecule has 8 nitrogen and oxygen atoms in total. The number of rotatable bonds is 5. The molecule has 3 aromatic rings. The summed E-state index contributed by atoms with van der Waals surface area (Å²) < 4.78 is 14.3. The Hall–Kier alpha value is -3.72. The summed E-state index contributed by atoms with van der Waals surface area (Å²) in [5.41, 5.74) is -0.613. The van der Waals surface area contributed by atoms with E-state index in [4.69, 9.17) is 16.7 Å². The van der Waals surface area contributed by atoms with Crippen LogP contribution < -0.4 is 10.6 Å². The van der Waals surface area contributed by atoms with Crippen molar-refractivity contribution < 1.29 is 23.9 Å². The summed E-state index contributed by atoms with van der Waals surface area (Å²) in [5.74, 6) is -3.58. The van der Waals surface area contributed by atoms with Crippen LogP contribution in [-0.2, 0) is 0 Å². The molecule has 10 heteroatoms. The van der Waals surface area contributed by atoms with Gasteiger partial charge >= 0.3 is 5.97 Å². The smallest absolute Gasteiger partial charge is 0.354 e. The van der Waals surface area contributed by atoms with Gasteiger partial charge in [-0.2, -0.15) is 0 Å². The van der Waals surface area contributed by atoms with Gasteiger partial charge < -0.3 is 20.7 Å². The third kappa shape index (κ3) is 3.99. The largest absolute Gasteiger partial charge is 0.477 e. The Morgan fingerprint density at radius 3 is 2.50 bits per heavy atom. The van der Waals surface area contributed by atoms with Gasteiger partial charge in [0.2, 0.25) is 0 Å². The molecule has 1 heterocycles. The summed E-state index contributed by atoms with van der Waals surface area (Å²) in [6, 6.07) is 9.88. The number of carboxylic acid groups (broad SMARTS) is 1. The number of H-pyrrole nitrogens is 1. The molecule has 0 saturated heterocycles. The molecule has 0 spiro atoms. The van der Waals surface area contributed by atoms with Crippen molar-refractivity contribution >= 4 is 40.8 Å². The van der Waals surface area contributed by atoms with E-state index < -0.39 is 23.6 Å². The number of hydrogen-bond acceptors (Lipinski definition) is 4. The third-order valence-electron chi connectivity index (χ3n) is 3.66. The number of amides is 2. The number of nitrogens with zero attached hydrogens (tertiary/aromatic N) is 1. The Labute approximate surface area is 162 Å². The van der Waals surface area contributed by atoms with Gasteiger partial charge in [0.1, 0.15) is 5.82 Å². The number of aromatic nitrogens is 2. The van der Waals surface area contributed by atoms with E-state index in [9.17, 15) is 18.8 Å². The molecule has 0 aliphatic carbocycles. The number of imidazole rings is 1. The number of carbonyl (C=O) groups is 3. The van der Waals surface area contributed by atoms with Crippen LogP contribution in [0.15, 0.2) is 48.8 Å². The average Bonchev–Trinajstić information content (AvgIpc) is 3.14. The number of nitrogens with one attached hydrogen (secondary N) is 3. The first-order valence-corrected chi connectivity index (χ1v) is 8.18. The molecule has 0 unspecified atom stereocenters. The van der Waals surface area contributed by atoms with E-state index in [1.807, 2.05) is 0 Å². The van der Waals surface area contributed by atoms with E-state index >= 15 is 0 Å². The monoisotopic (exact) mass is 402 g/mol. The van der Waals surface area contributed by atoms with Crippen LogP contribution in [0.2, 0.25) is 5.02 Å². The minimum absolute atomic E-state index is 0.0533. The summed E-state index contributed by atoms with van der Waals surface area (Å²) in [5, 5.41) is 13.9. The Kier molecular flexibility index (Phi) is 5.37. The molecular weight excluding hydrogens is 391 g/mol. The molecule has 2 amide bonds. The predicted molar refractivity (Wildman–Crippen MR) is 99.3 cm³/mol. The van der Waals surface area contributed by atoms with Crippen molar-refractivity contribution in [2.24, 2.45) is 0 Å². The zero-order valence-electron chi connectivity index (χ0n) is 14.0. The first kappa shape index (κ1) is 19.1. The van der Waals surface area contributed by atoms with Crippen LogP contribution in [0, 0.1) is 5.82 Å². The predicted octanol–water partition coefficient (Wildman–Crippen LogP) is 3.41. The Bertz CT molecular complexity index is 1080. The highest BCUT2D eigenvalue weighted by Crippen LogP contribution is 2.22. The van der Waals surface area contributed by atoms with Crippen LogP contribution in [0.5, 0.6) is 0 Å². The van der Waals surface area contributed by atoms with Crippen LogP contribution in [0.4, 0.5) is 15.8 Å². The number of hydrogen-bond donors (Lipinski definition) is 4. The van der Waals surface area contributed by atoms with Gasteiger partial charge in [-0.15, -0.1) is 0 Å². The summed E-state index contributed by atoms with van der Waals surface area (Å²) in [7, 11) is 0. The standard InChI is InChI=1S/C18H12ClFN4O4/c19-11-4-2-1-3-10(11)16(25)24-13-6-5-9(7-12(13)20)23-17(26)14-15(18(27)28)22-8-21-14/h1-8H,(H,21,22)(H,23,26)(H,24,25)(H,27,28). The average molecular weight is 403 g/mol. The molecular formula is C18H12ClFN4O4. The van der Waals surface area contributed by atoms with Gasteiger partial charge in [-0.1, -0.05) is 23.7 Å². The first-order chi connectivity index (χ1) is 13.4. The number of anilines is 2. The fourth-order valence-electron chi connectivity index (χ4n) is 2.35. The van der Waals surface area contributed by atoms with Gasteiger partial charge in [0, 0.05) is 5.69 Å². The Balaban J connectivity index is 1.74. The molecule has 142 valence electrons. The van der Waals surface area contributed by atoms with Crippen molar-refractivity contribution in [2.45, 2.75) is 0 Å². The van der Waals surface area contributed by atoms with Crippen molar-refractivity contribution in [3.8, 4) is 0 Å². The van der Waals surface area contributed by atoms with E-state index in [1.54, 1.807) is 12.1 Å². The number of aromatic carboxylic acids is 1. The summed E-state index contributed by atoms with van der Waals surface area (Å²) in [4.78, 5) is 41.3. The molecule has 0 saturated carbocycles. The van der Waals surface area contributed by atoms with E-state index in [2.05, 4.69) is 20.6 Å². The molecule has 1 aromatic heterocycles. The molecule has 0 aliphatic heterocycles. The first-order valence-electron chi connectivity index (χ1n) is 7.80. The summed E-state index contributed by atoms with van der Waals surface area (Å²) in [6.45, 7) is 0. The molecule has 28 heavy (non-hydrogen) atoms. The summed E-state index contributed by atoms with van der Waals surface area (Å²) in [6.07, 6.45) is 1.06. The fraction of sp³-hybridized carbons (Fsp3) is 0. The number of benzene rings is 2. The second-order valence-electron chi connectivity index (χ2n) is 5.51. The molecule has 0 bridgehead atoms. The second kappa shape index (κ2) is 7.89. The topological polar surface area (TPSA) is 124 Å². The van der Waals surface area contributed by atoms with E-state index in [0.29, 0.717) is 0 Å². The van der Waals surface area contributed by atoms with Gasteiger partial charge in [0.25, 0.3) is 11.8 Å². The number of aromatic amines is 1. The van der Waals surface area contributed by atoms with Crippen LogP contribution in [0.3, 0.4) is 0 Å². The van der Waals surface area contributed by atoms with Crippen LogP contribution in [0.1, 0.15) is 31.3 Å². The minimum Gasteiger partial charge on any atom is -0.477 e. The normalized spacial score (nSPS) is 10.4. The van der Waals surface area contributed by atoms with Crippen LogP contribution in [0.25, 0.3) is 0 Å². The highest BCUT2D eigenvalue weighted by atomic mass is 35.5. The van der Waals surface area contributed by atoms with Crippen LogP contribution >= 0.6 is 11.6 Å². The van der Waals surface area contributed by atoms with Crippen molar-refractivity contribution in [3.63, 3.8) is 0 Å². The molecule has 4 N–H and O–H groups in total. The van der Waals surface area contributed by atoms with Gasteiger partial charge in [-0.3, -0.25) is 9.59 Å². The summed E-state index contributed by atoms with van der Waals surface area (Å²) >= 11 is 5.94. The maximum Gasteiger partial charge on any atom is 0.354 e. The van der Waals surface area contributed by atoms with Crippen molar-refractivity contribution in [3.05, 3.63) is 76.6 Å². The van der Waals surface area contributed by atoms with Crippen molar-refractivity contribution in [2.75, 3.05) is 10.6 Å². The second-order valence-corrected chi connectivity index (χ2v) is 5.92. The van der Waals surface area contributed by atoms with Gasteiger partial charge in [-0.25, -0.2) is 14.2 Å². The lowest BCUT2D eigenvalue weighted by molar-refractivity contribution is 0.0686. The van der Waals surface area contributed by atoms with E-state index in [-0.39, 0.29) is 33.3 Å². The number of carboxylic acids is 1. The SMILES string of the molecule is O=C(Nc1ccc(NC(=O)c2nc[nH]c2C(=O)O)cc1F)c1ccccc1Cl. The Morgan fingerprint density at radius 2 is 1.82 bits per heavy atom. The van der Waals surface area contributed by atoms with Crippen molar-refractivity contribution in [1.82, 2.24) is 9.97 Å². The van der Waals surface area contributed by atoms with Crippen molar-refractivity contribution in [1.29, 1.82) is 0 Å². The molecule has 3 rings (SSSR count).